The summed E-state index contributed by atoms with van der Waals surface area (Å²) in [4.78, 5) is 18.4. The number of hydrogen-bond donors (Lipinski definition) is 1. The Balaban J connectivity index is 1.76. The Bertz CT molecular complexity index is 1300. The van der Waals surface area contributed by atoms with E-state index in [-0.39, 0.29) is 17.5 Å². The van der Waals surface area contributed by atoms with Crippen LogP contribution in [0.25, 0.3) is 10.9 Å². The first kappa shape index (κ1) is 24.6. The molecule has 0 radical (unpaired) electrons. The molecule has 0 aliphatic carbocycles. The van der Waals surface area contributed by atoms with Gasteiger partial charge in [0.2, 0.25) is 0 Å². The highest BCUT2D eigenvalue weighted by Crippen LogP contribution is 2.30. The SMILES string of the molecule is COCCn1nnnc1[C@@H](C(C)C)N(Cc1ccccc1)Cc1cc2cc(OC)ccc2[nH]c1=O. The minimum absolute atomic E-state index is 0.109. The quantitative estimate of drug-likeness (QED) is 0.353. The lowest BCUT2D eigenvalue weighted by Crippen LogP contribution is -2.35. The van der Waals surface area contributed by atoms with Gasteiger partial charge in [-0.05, 0) is 46.2 Å². The summed E-state index contributed by atoms with van der Waals surface area (Å²) >= 11 is 0. The highest BCUT2D eigenvalue weighted by Gasteiger charge is 2.30. The molecule has 2 heterocycles. The van der Waals surface area contributed by atoms with Crippen LogP contribution in [-0.4, -0.2) is 50.9 Å². The largest absolute Gasteiger partial charge is 0.497 e. The van der Waals surface area contributed by atoms with Crippen molar-refractivity contribution in [2.75, 3.05) is 20.8 Å². The van der Waals surface area contributed by atoms with E-state index in [1.807, 2.05) is 42.5 Å². The third-order valence-electron chi connectivity index (χ3n) is 6.09. The molecule has 9 nitrogen and oxygen atoms in total. The van der Waals surface area contributed by atoms with Crippen molar-refractivity contribution in [2.24, 2.45) is 5.92 Å². The third kappa shape index (κ3) is 5.75. The number of ether oxygens (including phenoxy) is 2. The first-order valence-corrected chi connectivity index (χ1v) is 11.7. The number of aromatic amines is 1. The van der Waals surface area contributed by atoms with Gasteiger partial charge in [-0.1, -0.05) is 44.2 Å². The fourth-order valence-corrected chi connectivity index (χ4v) is 4.41. The van der Waals surface area contributed by atoms with Crippen LogP contribution in [0.15, 0.2) is 59.4 Å². The Hall–Kier alpha value is -3.56. The van der Waals surface area contributed by atoms with E-state index in [2.05, 4.69) is 51.4 Å². The number of aromatic nitrogens is 5. The van der Waals surface area contributed by atoms with Crippen molar-refractivity contribution in [3.63, 3.8) is 0 Å². The summed E-state index contributed by atoms with van der Waals surface area (Å²) < 4.78 is 12.4. The summed E-state index contributed by atoms with van der Waals surface area (Å²) in [5.41, 5.74) is 2.48. The molecule has 0 bridgehead atoms. The molecule has 9 heteroatoms. The molecule has 4 aromatic rings. The van der Waals surface area contributed by atoms with Crippen molar-refractivity contribution in [1.29, 1.82) is 0 Å². The van der Waals surface area contributed by atoms with Gasteiger partial charge in [-0.25, -0.2) is 4.68 Å². The Kier molecular flexibility index (Phi) is 7.89. The average Bonchev–Trinajstić information content (AvgIpc) is 3.31. The lowest BCUT2D eigenvalue weighted by molar-refractivity contribution is 0.121. The van der Waals surface area contributed by atoms with Gasteiger partial charge in [0.25, 0.3) is 5.56 Å². The van der Waals surface area contributed by atoms with Crippen molar-refractivity contribution < 1.29 is 9.47 Å². The Morgan fingerprint density at radius 3 is 2.57 bits per heavy atom. The first-order chi connectivity index (χ1) is 17.0. The van der Waals surface area contributed by atoms with E-state index in [0.29, 0.717) is 31.8 Å². The fraction of sp³-hybridized carbons (Fsp3) is 0.385. The van der Waals surface area contributed by atoms with E-state index in [1.165, 1.54) is 0 Å². The zero-order valence-electron chi connectivity index (χ0n) is 20.6. The highest BCUT2D eigenvalue weighted by atomic mass is 16.5. The van der Waals surface area contributed by atoms with Gasteiger partial charge in [-0.3, -0.25) is 9.69 Å². The van der Waals surface area contributed by atoms with Crippen LogP contribution in [0.1, 0.15) is 36.8 Å². The minimum atomic E-state index is -0.123. The Labute approximate surface area is 204 Å². The zero-order chi connectivity index (χ0) is 24.8. The number of tetrazole rings is 1. The average molecular weight is 477 g/mol. The summed E-state index contributed by atoms with van der Waals surface area (Å²) in [7, 11) is 3.29. The second-order valence-corrected chi connectivity index (χ2v) is 8.91. The van der Waals surface area contributed by atoms with Crippen LogP contribution in [0.3, 0.4) is 0 Å². The van der Waals surface area contributed by atoms with Gasteiger partial charge in [0, 0.05) is 36.7 Å². The summed E-state index contributed by atoms with van der Waals surface area (Å²) in [6.07, 6.45) is 0. The van der Waals surface area contributed by atoms with E-state index < -0.39 is 0 Å². The standard InChI is InChI=1S/C26H32N6O3/c1-18(2)24(25-28-29-30-32(25)12-13-34-3)31(16-19-8-6-5-7-9-19)17-21-14-20-15-22(35-4)10-11-23(20)27-26(21)33/h5-11,14-15,18,24H,12-13,16-17H2,1-4H3,(H,27,33)/t24-/m1/s1. The number of rotatable bonds is 11. The maximum Gasteiger partial charge on any atom is 0.252 e. The maximum atomic E-state index is 13.1. The van der Waals surface area contributed by atoms with Crippen molar-refractivity contribution in [3.05, 3.63) is 81.9 Å². The molecular weight excluding hydrogens is 444 g/mol. The monoisotopic (exact) mass is 476 g/mol. The van der Waals surface area contributed by atoms with E-state index in [4.69, 9.17) is 9.47 Å². The molecule has 0 saturated heterocycles. The number of methoxy groups -OCH3 is 2. The molecule has 2 aromatic heterocycles. The summed E-state index contributed by atoms with van der Waals surface area (Å²) in [6, 6.07) is 17.7. The number of H-pyrrole nitrogens is 1. The normalized spacial score (nSPS) is 12.5. The number of benzene rings is 2. The van der Waals surface area contributed by atoms with Gasteiger partial charge >= 0.3 is 0 Å². The van der Waals surface area contributed by atoms with Crippen LogP contribution in [-0.2, 0) is 24.4 Å². The molecule has 0 fully saturated rings. The molecule has 0 amide bonds. The van der Waals surface area contributed by atoms with Gasteiger partial charge < -0.3 is 14.5 Å². The highest BCUT2D eigenvalue weighted by molar-refractivity contribution is 5.80. The summed E-state index contributed by atoms with van der Waals surface area (Å²) in [5.74, 6) is 1.69. The minimum Gasteiger partial charge on any atom is -0.497 e. The Morgan fingerprint density at radius 1 is 1.06 bits per heavy atom. The van der Waals surface area contributed by atoms with E-state index in [0.717, 1.165) is 28.0 Å². The topological polar surface area (TPSA) is 98.2 Å². The van der Waals surface area contributed by atoms with Crippen LogP contribution in [0.5, 0.6) is 5.75 Å². The van der Waals surface area contributed by atoms with Crippen LogP contribution in [0.2, 0.25) is 0 Å². The summed E-state index contributed by atoms with van der Waals surface area (Å²) in [6.45, 7) is 6.42. The molecule has 0 aliphatic heterocycles. The van der Waals surface area contributed by atoms with Crippen LogP contribution < -0.4 is 10.3 Å². The van der Waals surface area contributed by atoms with Gasteiger partial charge in [0.1, 0.15) is 5.75 Å². The molecule has 0 unspecified atom stereocenters. The van der Waals surface area contributed by atoms with Crippen LogP contribution in [0.4, 0.5) is 0 Å². The fourth-order valence-electron chi connectivity index (χ4n) is 4.41. The van der Waals surface area contributed by atoms with E-state index in [1.54, 1.807) is 18.9 Å². The zero-order valence-corrected chi connectivity index (χ0v) is 20.6. The van der Waals surface area contributed by atoms with Crippen molar-refractivity contribution >= 4 is 10.9 Å². The second-order valence-electron chi connectivity index (χ2n) is 8.91. The molecule has 0 saturated carbocycles. The lowest BCUT2D eigenvalue weighted by Gasteiger charge is -2.33. The molecular formula is C26H32N6O3. The van der Waals surface area contributed by atoms with Gasteiger partial charge in [-0.15, -0.1) is 5.10 Å². The van der Waals surface area contributed by atoms with Crippen LogP contribution in [0, 0.1) is 5.92 Å². The van der Waals surface area contributed by atoms with Gasteiger partial charge in [-0.2, -0.15) is 0 Å². The molecule has 184 valence electrons. The third-order valence-corrected chi connectivity index (χ3v) is 6.09. The van der Waals surface area contributed by atoms with E-state index in [9.17, 15) is 4.79 Å². The second kappa shape index (κ2) is 11.2. The van der Waals surface area contributed by atoms with Gasteiger partial charge in [0.05, 0.1) is 26.3 Å². The number of hydrogen-bond acceptors (Lipinski definition) is 7. The van der Waals surface area contributed by atoms with Gasteiger partial charge in [0.15, 0.2) is 5.82 Å². The van der Waals surface area contributed by atoms with Crippen molar-refractivity contribution in [2.45, 2.75) is 39.5 Å². The molecule has 1 N–H and O–H groups in total. The predicted molar refractivity (Wildman–Crippen MR) is 134 cm³/mol. The molecule has 0 spiro atoms. The maximum absolute atomic E-state index is 13.1. The van der Waals surface area contributed by atoms with Crippen LogP contribution >= 0.6 is 0 Å². The molecule has 0 aliphatic rings. The van der Waals surface area contributed by atoms with E-state index >= 15 is 0 Å². The number of fused-ring (bicyclic) bond motifs is 1. The first-order valence-electron chi connectivity index (χ1n) is 11.7. The number of nitrogens with zero attached hydrogens (tertiary/aromatic N) is 5. The smallest absolute Gasteiger partial charge is 0.252 e. The molecule has 2 aromatic carbocycles. The molecule has 35 heavy (non-hydrogen) atoms. The lowest BCUT2D eigenvalue weighted by atomic mass is 9.99. The Morgan fingerprint density at radius 2 is 1.86 bits per heavy atom. The predicted octanol–water partition coefficient (Wildman–Crippen LogP) is 3.57. The molecule has 4 rings (SSSR count). The van der Waals surface area contributed by atoms with Crippen molar-refractivity contribution in [1.82, 2.24) is 30.1 Å². The number of pyridine rings is 1. The number of nitrogens with one attached hydrogen (secondary N) is 1. The summed E-state index contributed by atoms with van der Waals surface area (Å²) in [5, 5.41) is 13.5. The molecule has 1 atom stereocenters. The van der Waals surface area contributed by atoms with Crippen molar-refractivity contribution in [3.8, 4) is 5.75 Å².